The number of ether oxygens (including phenoxy) is 2. The lowest BCUT2D eigenvalue weighted by Crippen LogP contribution is -2.23. The van der Waals surface area contributed by atoms with Crippen molar-refractivity contribution in [3.8, 4) is 11.5 Å². The molecule has 160 valence electrons. The Balaban J connectivity index is 1.57. The molecule has 0 spiro atoms. The van der Waals surface area contributed by atoms with Crippen LogP contribution in [0.1, 0.15) is 5.76 Å². The van der Waals surface area contributed by atoms with Gasteiger partial charge in [0.1, 0.15) is 12.9 Å². The van der Waals surface area contributed by atoms with Crippen molar-refractivity contribution in [1.82, 2.24) is 0 Å². The molecule has 0 N–H and O–H groups in total. The minimum atomic E-state index is -2.98. The van der Waals surface area contributed by atoms with Crippen LogP contribution in [0.4, 0.5) is 5.69 Å². The van der Waals surface area contributed by atoms with E-state index in [1.807, 2.05) is 91.0 Å². The van der Waals surface area contributed by atoms with Crippen LogP contribution in [0.25, 0.3) is 0 Å². The summed E-state index contributed by atoms with van der Waals surface area (Å²) in [5.41, 5.74) is 1.50. The lowest BCUT2D eigenvalue weighted by atomic mass is 10.2. The van der Waals surface area contributed by atoms with E-state index in [0.29, 0.717) is 24.1 Å². The summed E-state index contributed by atoms with van der Waals surface area (Å²) >= 11 is 0. The number of aliphatic imine (C=N–C) groups is 1. The van der Waals surface area contributed by atoms with Gasteiger partial charge in [-0.2, -0.15) is 0 Å². The van der Waals surface area contributed by atoms with Gasteiger partial charge in [0.15, 0.2) is 11.5 Å². The predicted octanol–water partition coefficient (Wildman–Crippen LogP) is 5.34. The van der Waals surface area contributed by atoms with Gasteiger partial charge in [0.2, 0.25) is 6.79 Å². The van der Waals surface area contributed by atoms with Crippen molar-refractivity contribution in [2.24, 2.45) is 4.99 Å². The van der Waals surface area contributed by atoms with Gasteiger partial charge in [-0.3, -0.25) is 4.99 Å². The Bertz CT molecular complexity index is 1220. The number of fused-ring (bicyclic) bond motifs is 1. The van der Waals surface area contributed by atoms with Gasteiger partial charge in [0, 0.05) is 35.0 Å². The highest BCUT2D eigenvalue weighted by Crippen LogP contribution is 2.44. The van der Waals surface area contributed by atoms with Crippen LogP contribution in [0.3, 0.4) is 0 Å². The van der Waals surface area contributed by atoms with E-state index in [9.17, 15) is 4.57 Å². The maximum absolute atomic E-state index is 14.6. The van der Waals surface area contributed by atoms with Crippen molar-refractivity contribution >= 4 is 29.2 Å². The average Bonchev–Trinajstić information content (AvgIpc) is 3.52. The fraction of sp³-hybridized carbons (Fsp3) is 0.115. The van der Waals surface area contributed by atoms with Gasteiger partial charge >= 0.3 is 0 Å². The van der Waals surface area contributed by atoms with Gasteiger partial charge in [0.25, 0.3) is 0 Å². The van der Waals surface area contributed by atoms with Crippen LogP contribution in [0.15, 0.2) is 107 Å². The topological polar surface area (TPSA) is 61.0 Å². The molecule has 0 bridgehead atoms. The third-order valence-corrected chi connectivity index (χ3v) is 8.43. The molecule has 1 aliphatic rings. The van der Waals surface area contributed by atoms with Crippen LogP contribution in [-0.4, -0.2) is 18.7 Å². The van der Waals surface area contributed by atoms with Crippen molar-refractivity contribution in [3.05, 3.63) is 103 Å². The van der Waals surface area contributed by atoms with Gasteiger partial charge in [-0.1, -0.05) is 60.7 Å². The Labute approximate surface area is 186 Å². The summed E-state index contributed by atoms with van der Waals surface area (Å²) in [6.07, 6.45) is 2.41. The zero-order valence-corrected chi connectivity index (χ0v) is 18.3. The smallest absolute Gasteiger partial charge is 0.231 e. The first-order chi connectivity index (χ1) is 15.7. The normalized spacial score (nSPS) is 13.3. The second-order valence-electron chi connectivity index (χ2n) is 7.54. The van der Waals surface area contributed by atoms with Crippen molar-refractivity contribution in [2.45, 2.75) is 6.42 Å². The molecule has 5 rings (SSSR count). The van der Waals surface area contributed by atoms with E-state index in [1.165, 1.54) is 0 Å². The van der Waals surface area contributed by atoms with E-state index in [0.717, 1.165) is 27.8 Å². The van der Waals surface area contributed by atoms with E-state index >= 15 is 0 Å². The number of rotatable bonds is 7. The third kappa shape index (κ3) is 4.25. The molecule has 1 aliphatic heterocycles. The number of furan rings is 1. The Morgan fingerprint density at radius 1 is 0.812 bits per heavy atom. The summed E-state index contributed by atoms with van der Waals surface area (Å²) in [6, 6.07) is 28.6. The summed E-state index contributed by atoms with van der Waals surface area (Å²) in [6.45, 7) is 0.207. The number of hydrogen-bond donors (Lipinski definition) is 0. The molecule has 3 aromatic carbocycles. The molecule has 0 unspecified atom stereocenters. The fourth-order valence-corrected chi connectivity index (χ4v) is 6.48. The molecule has 4 aromatic rings. The quantitative estimate of drug-likeness (QED) is 0.286. The van der Waals surface area contributed by atoms with Crippen LogP contribution >= 0.6 is 7.14 Å². The molecule has 0 aliphatic carbocycles. The molecule has 1 aromatic heterocycles. The molecule has 0 saturated carbocycles. The standard InChI is InChI=1S/C26H22NO4P/c28-32(23-9-3-1-4-10-23,24-11-5-2-6-12-24)18-21(16-22-8-7-15-29-22)27-20-13-14-25-26(17-20)31-19-30-25/h1-15,17H,16,18-19H2. The van der Waals surface area contributed by atoms with Gasteiger partial charge in [0.05, 0.1) is 12.0 Å². The van der Waals surface area contributed by atoms with Crippen molar-refractivity contribution in [3.63, 3.8) is 0 Å². The van der Waals surface area contributed by atoms with E-state index in [1.54, 1.807) is 6.26 Å². The molecule has 0 fully saturated rings. The zero-order valence-electron chi connectivity index (χ0n) is 17.4. The molecule has 2 heterocycles. The number of hydrogen-bond acceptors (Lipinski definition) is 5. The first-order valence-electron chi connectivity index (χ1n) is 10.4. The van der Waals surface area contributed by atoms with Crippen molar-refractivity contribution in [2.75, 3.05) is 13.0 Å². The summed E-state index contributed by atoms with van der Waals surface area (Å²) in [5, 5.41) is 1.62. The lowest BCUT2D eigenvalue weighted by Gasteiger charge is -2.20. The number of nitrogens with zero attached hydrogens (tertiary/aromatic N) is 1. The monoisotopic (exact) mass is 443 g/mol. The molecular weight excluding hydrogens is 421 g/mol. The van der Waals surface area contributed by atoms with Crippen LogP contribution < -0.4 is 20.1 Å². The van der Waals surface area contributed by atoms with Crippen LogP contribution in [-0.2, 0) is 11.0 Å². The molecule has 6 heteroatoms. The molecule has 0 radical (unpaired) electrons. The van der Waals surface area contributed by atoms with Gasteiger partial charge in [-0.25, -0.2) is 0 Å². The first kappa shape index (κ1) is 20.3. The van der Waals surface area contributed by atoms with Crippen LogP contribution in [0, 0.1) is 0 Å². The highest BCUT2D eigenvalue weighted by atomic mass is 31.2. The zero-order chi connectivity index (χ0) is 21.8. The highest BCUT2D eigenvalue weighted by molar-refractivity contribution is 7.79. The Morgan fingerprint density at radius 3 is 2.16 bits per heavy atom. The molecule has 0 amide bonds. The van der Waals surface area contributed by atoms with E-state index < -0.39 is 7.14 Å². The first-order valence-corrected chi connectivity index (χ1v) is 12.3. The van der Waals surface area contributed by atoms with E-state index in [4.69, 9.17) is 18.9 Å². The Morgan fingerprint density at radius 2 is 1.50 bits per heavy atom. The summed E-state index contributed by atoms with van der Waals surface area (Å²) in [4.78, 5) is 4.90. The Kier molecular flexibility index (Phi) is 5.66. The third-order valence-electron chi connectivity index (χ3n) is 5.35. The van der Waals surface area contributed by atoms with Crippen LogP contribution in [0.5, 0.6) is 11.5 Å². The van der Waals surface area contributed by atoms with Crippen molar-refractivity contribution < 1.29 is 18.5 Å². The lowest BCUT2D eigenvalue weighted by molar-refractivity contribution is 0.174. The van der Waals surface area contributed by atoms with Gasteiger partial charge < -0.3 is 18.5 Å². The molecule has 5 nitrogen and oxygen atoms in total. The SMILES string of the molecule is O=P(CC(Cc1ccco1)=Nc1ccc2c(c1)OCO2)(c1ccccc1)c1ccccc1. The highest BCUT2D eigenvalue weighted by Gasteiger charge is 2.29. The maximum Gasteiger partial charge on any atom is 0.231 e. The average molecular weight is 443 g/mol. The second-order valence-corrected chi connectivity index (χ2v) is 10.4. The van der Waals surface area contributed by atoms with Crippen molar-refractivity contribution in [1.29, 1.82) is 0 Å². The van der Waals surface area contributed by atoms with E-state index in [-0.39, 0.29) is 6.79 Å². The van der Waals surface area contributed by atoms with Crippen LogP contribution in [0.2, 0.25) is 0 Å². The minimum absolute atomic E-state index is 0.207. The molecular formula is C26H22NO4P. The fourth-order valence-electron chi connectivity index (χ4n) is 3.81. The molecule has 32 heavy (non-hydrogen) atoms. The van der Waals surface area contributed by atoms with Gasteiger partial charge in [-0.15, -0.1) is 0 Å². The largest absolute Gasteiger partial charge is 0.469 e. The molecule has 0 saturated heterocycles. The summed E-state index contributed by atoms with van der Waals surface area (Å²) in [5.74, 6) is 2.14. The minimum Gasteiger partial charge on any atom is -0.469 e. The summed E-state index contributed by atoms with van der Waals surface area (Å²) in [7, 11) is -2.98. The number of benzene rings is 3. The molecule has 0 atom stereocenters. The van der Waals surface area contributed by atoms with E-state index in [2.05, 4.69) is 0 Å². The predicted molar refractivity (Wildman–Crippen MR) is 127 cm³/mol. The summed E-state index contributed by atoms with van der Waals surface area (Å²) < 4.78 is 31.1. The maximum atomic E-state index is 14.6. The second kappa shape index (κ2) is 8.89. The Hall–Kier alpha value is -3.56. The van der Waals surface area contributed by atoms with Gasteiger partial charge in [-0.05, 0) is 24.3 Å².